The molecule has 2 N–H and O–H groups in total. The van der Waals surface area contributed by atoms with Crippen LogP contribution in [-0.2, 0) is 9.59 Å². The summed E-state index contributed by atoms with van der Waals surface area (Å²) in [4.78, 5) is 28.2. The van der Waals surface area contributed by atoms with Crippen molar-refractivity contribution in [3.8, 4) is 0 Å². The molecule has 3 rings (SSSR count). The molecule has 1 saturated heterocycles. The number of ketones is 1. The zero-order valence-electron chi connectivity index (χ0n) is 15.0. The summed E-state index contributed by atoms with van der Waals surface area (Å²) < 4.78 is 0. The lowest BCUT2D eigenvalue weighted by Gasteiger charge is -2.25. The molecule has 134 valence electrons. The Balaban J connectivity index is 2.12. The zero-order chi connectivity index (χ0) is 18.7. The lowest BCUT2D eigenvalue weighted by Crippen LogP contribution is -3.06. The monoisotopic (exact) mass is 351 g/mol. The summed E-state index contributed by atoms with van der Waals surface area (Å²) in [6, 6.07) is 17.7. The van der Waals surface area contributed by atoms with Crippen molar-refractivity contribution in [2.45, 2.75) is 6.04 Å². The van der Waals surface area contributed by atoms with Gasteiger partial charge in [-0.1, -0.05) is 60.7 Å². The van der Waals surface area contributed by atoms with E-state index in [1.54, 1.807) is 29.2 Å². The molecule has 0 aromatic heterocycles. The topological polar surface area (TPSA) is 62.0 Å². The van der Waals surface area contributed by atoms with Gasteiger partial charge in [0.2, 0.25) is 0 Å². The number of hydrogen-bond acceptors (Lipinski definition) is 3. The molecular formula is C21H23N2O3+. The van der Waals surface area contributed by atoms with Gasteiger partial charge < -0.3 is 14.9 Å². The van der Waals surface area contributed by atoms with Crippen LogP contribution in [0, 0.1) is 0 Å². The van der Waals surface area contributed by atoms with Crippen molar-refractivity contribution in [2.24, 2.45) is 0 Å². The van der Waals surface area contributed by atoms with E-state index in [4.69, 9.17) is 0 Å². The normalized spacial score (nSPS) is 19.3. The van der Waals surface area contributed by atoms with Crippen LogP contribution in [0.5, 0.6) is 0 Å². The highest BCUT2D eigenvalue weighted by molar-refractivity contribution is 6.46. The smallest absolute Gasteiger partial charge is 0.295 e. The predicted octanol–water partition coefficient (Wildman–Crippen LogP) is 1.25. The average Bonchev–Trinajstić information content (AvgIpc) is 2.91. The molecule has 0 spiro atoms. The average molecular weight is 351 g/mol. The first-order valence-corrected chi connectivity index (χ1v) is 8.68. The second-order valence-electron chi connectivity index (χ2n) is 6.73. The van der Waals surface area contributed by atoms with Crippen molar-refractivity contribution < 1.29 is 19.6 Å². The molecule has 0 saturated carbocycles. The largest absolute Gasteiger partial charge is 0.507 e. The molecule has 1 atom stereocenters. The molecule has 2 aromatic rings. The van der Waals surface area contributed by atoms with Gasteiger partial charge in [0.05, 0.1) is 38.8 Å². The summed E-state index contributed by atoms with van der Waals surface area (Å²) in [6.45, 7) is 1.15. The SMILES string of the molecule is C[NH+](C)CCN1C(=O)C(=O)/C(=C(/O)c2ccccc2)[C@@H]1c1ccccc1. The van der Waals surface area contributed by atoms with Gasteiger partial charge in [-0.15, -0.1) is 0 Å². The van der Waals surface area contributed by atoms with Crippen molar-refractivity contribution in [1.29, 1.82) is 0 Å². The molecule has 1 aliphatic heterocycles. The first-order chi connectivity index (χ1) is 12.5. The fourth-order valence-electron chi connectivity index (χ4n) is 3.19. The number of likely N-dealkylation sites (tertiary alicyclic amines) is 1. The highest BCUT2D eigenvalue weighted by atomic mass is 16.3. The van der Waals surface area contributed by atoms with E-state index in [1.807, 2.05) is 50.5 Å². The molecule has 26 heavy (non-hydrogen) atoms. The van der Waals surface area contributed by atoms with Gasteiger partial charge >= 0.3 is 0 Å². The number of nitrogens with one attached hydrogen (secondary N) is 1. The third-order valence-electron chi connectivity index (χ3n) is 4.56. The molecule has 2 aromatic carbocycles. The summed E-state index contributed by atoms with van der Waals surface area (Å²) in [5.74, 6) is -1.32. The van der Waals surface area contributed by atoms with Gasteiger partial charge in [-0.3, -0.25) is 9.59 Å². The second kappa shape index (κ2) is 7.54. The number of Topliss-reactive ketones (excluding diaryl/α,β-unsaturated/α-hetero) is 1. The molecule has 0 bridgehead atoms. The Morgan fingerprint density at radius 3 is 2.15 bits per heavy atom. The Morgan fingerprint density at radius 2 is 1.58 bits per heavy atom. The maximum Gasteiger partial charge on any atom is 0.295 e. The minimum absolute atomic E-state index is 0.127. The summed E-state index contributed by atoms with van der Waals surface area (Å²) >= 11 is 0. The lowest BCUT2D eigenvalue weighted by atomic mass is 9.95. The van der Waals surface area contributed by atoms with E-state index in [9.17, 15) is 14.7 Å². The van der Waals surface area contributed by atoms with Gasteiger partial charge in [0, 0.05) is 5.56 Å². The molecule has 1 amide bonds. The van der Waals surface area contributed by atoms with Crippen LogP contribution in [0.1, 0.15) is 17.2 Å². The summed E-state index contributed by atoms with van der Waals surface area (Å²) in [5.41, 5.74) is 1.50. The number of amides is 1. The van der Waals surface area contributed by atoms with Gasteiger partial charge in [0.25, 0.3) is 11.7 Å². The van der Waals surface area contributed by atoms with E-state index < -0.39 is 17.7 Å². The Morgan fingerprint density at radius 1 is 1.00 bits per heavy atom. The van der Waals surface area contributed by atoms with Crippen LogP contribution in [0.4, 0.5) is 0 Å². The summed E-state index contributed by atoms with van der Waals surface area (Å²) in [6.07, 6.45) is 0. The number of likely N-dealkylation sites (N-methyl/N-ethyl adjacent to an activating group) is 1. The number of carbonyl (C=O) groups is 2. The summed E-state index contributed by atoms with van der Waals surface area (Å²) in [7, 11) is 4.00. The lowest BCUT2D eigenvalue weighted by molar-refractivity contribution is -0.857. The molecule has 0 radical (unpaired) electrons. The quantitative estimate of drug-likeness (QED) is 0.484. The minimum atomic E-state index is -0.631. The van der Waals surface area contributed by atoms with Crippen molar-refractivity contribution in [3.05, 3.63) is 77.4 Å². The van der Waals surface area contributed by atoms with Crippen LogP contribution in [0.3, 0.4) is 0 Å². The molecule has 5 heteroatoms. The first-order valence-electron chi connectivity index (χ1n) is 8.68. The summed E-state index contributed by atoms with van der Waals surface area (Å²) in [5, 5.41) is 10.8. The van der Waals surface area contributed by atoms with E-state index in [-0.39, 0.29) is 11.3 Å². The van der Waals surface area contributed by atoms with Gasteiger partial charge in [-0.25, -0.2) is 0 Å². The fraction of sp³-hybridized carbons (Fsp3) is 0.238. The van der Waals surface area contributed by atoms with E-state index >= 15 is 0 Å². The Bertz CT molecular complexity index is 829. The number of rotatable bonds is 5. The van der Waals surface area contributed by atoms with Crippen molar-refractivity contribution in [3.63, 3.8) is 0 Å². The molecule has 5 nitrogen and oxygen atoms in total. The Labute approximate surface area is 153 Å². The van der Waals surface area contributed by atoms with Gasteiger partial charge in [-0.2, -0.15) is 0 Å². The highest BCUT2D eigenvalue weighted by Crippen LogP contribution is 2.38. The highest BCUT2D eigenvalue weighted by Gasteiger charge is 2.46. The second-order valence-corrected chi connectivity index (χ2v) is 6.73. The number of aliphatic hydroxyl groups is 1. The van der Waals surface area contributed by atoms with Crippen molar-refractivity contribution >= 4 is 17.4 Å². The first kappa shape index (κ1) is 17.9. The number of hydrogen-bond donors (Lipinski definition) is 2. The maximum atomic E-state index is 12.7. The number of benzene rings is 2. The number of aliphatic hydroxyl groups excluding tert-OH is 1. The van der Waals surface area contributed by atoms with Gasteiger partial charge in [0.1, 0.15) is 5.76 Å². The number of nitrogens with zero attached hydrogens (tertiary/aromatic N) is 1. The maximum absolute atomic E-state index is 12.7. The van der Waals surface area contributed by atoms with Crippen LogP contribution >= 0.6 is 0 Å². The van der Waals surface area contributed by atoms with Crippen molar-refractivity contribution in [1.82, 2.24) is 4.90 Å². The standard InChI is InChI=1S/C21H22N2O3/c1-22(2)13-14-23-18(15-9-5-3-6-10-15)17(20(25)21(23)26)19(24)16-11-7-4-8-12-16/h3-12,18,24H,13-14H2,1-2H3/p+1/b19-17+/t18-/m0/s1. The minimum Gasteiger partial charge on any atom is -0.507 e. The zero-order valence-corrected chi connectivity index (χ0v) is 15.0. The molecule has 1 fully saturated rings. The van der Waals surface area contributed by atoms with E-state index in [2.05, 4.69) is 0 Å². The van der Waals surface area contributed by atoms with Crippen LogP contribution in [0.15, 0.2) is 66.2 Å². The fourth-order valence-corrected chi connectivity index (χ4v) is 3.19. The molecule has 0 unspecified atom stereocenters. The van der Waals surface area contributed by atoms with Crippen LogP contribution in [0.2, 0.25) is 0 Å². The Kier molecular flexibility index (Phi) is 5.19. The number of carbonyl (C=O) groups excluding carboxylic acids is 2. The van der Waals surface area contributed by atoms with E-state index in [0.717, 1.165) is 5.56 Å². The molecule has 1 heterocycles. The van der Waals surface area contributed by atoms with Crippen LogP contribution in [0.25, 0.3) is 5.76 Å². The van der Waals surface area contributed by atoms with Gasteiger partial charge in [-0.05, 0) is 5.56 Å². The predicted molar refractivity (Wildman–Crippen MR) is 99.6 cm³/mol. The molecule has 0 aliphatic carbocycles. The van der Waals surface area contributed by atoms with E-state index in [1.165, 1.54) is 4.90 Å². The number of quaternary nitrogens is 1. The third-order valence-corrected chi connectivity index (χ3v) is 4.56. The molecule has 1 aliphatic rings. The van der Waals surface area contributed by atoms with E-state index in [0.29, 0.717) is 18.7 Å². The molecular weight excluding hydrogens is 328 g/mol. The van der Waals surface area contributed by atoms with Crippen molar-refractivity contribution in [2.75, 3.05) is 27.2 Å². The van der Waals surface area contributed by atoms with Crippen LogP contribution < -0.4 is 4.90 Å². The van der Waals surface area contributed by atoms with Gasteiger partial charge in [0.15, 0.2) is 0 Å². The van der Waals surface area contributed by atoms with Crippen LogP contribution in [-0.4, -0.2) is 48.9 Å². The third kappa shape index (κ3) is 3.39. The Hall–Kier alpha value is -2.92.